The number of nitrogens with zero attached hydrogens (tertiary/aromatic N) is 1. The van der Waals surface area contributed by atoms with Crippen molar-refractivity contribution in [2.24, 2.45) is 5.92 Å². The molecule has 1 fully saturated rings. The number of hydrogen-bond acceptors (Lipinski definition) is 3. The van der Waals surface area contributed by atoms with E-state index < -0.39 is 5.97 Å². The second kappa shape index (κ2) is 8.59. The lowest BCUT2D eigenvalue weighted by Crippen LogP contribution is -2.31. The van der Waals surface area contributed by atoms with Gasteiger partial charge in [0.1, 0.15) is 5.69 Å². The number of hydrogen-bond donors (Lipinski definition) is 2. The molecule has 0 spiro atoms. The summed E-state index contributed by atoms with van der Waals surface area (Å²) in [5.41, 5.74) is 1.71. The van der Waals surface area contributed by atoms with Crippen molar-refractivity contribution >= 4 is 29.3 Å². The minimum atomic E-state index is -1.06. The first-order valence-electron chi connectivity index (χ1n) is 9.33. The Morgan fingerprint density at radius 3 is 2.36 bits per heavy atom. The molecule has 2 heterocycles. The van der Waals surface area contributed by atoms with Gasteiger partial charge in [-0.2, -0.15) is 0 Å². The molecule has 0 aliphatic carbocycles. The van der Waals surface area contributed by atoms with Crippen LogP contribution in [-0.2, 0) is 6.42 Å². The highest BCUT2D eigenvalue weighted by Gasteiger charge is 2.25. The maximum Gasteiger partial charge on any atom is 0.353 e. The second-order valence-electron chi connectivity index (χ2n) is 7.05. The van der Waals surface area contributed by atoms with Gasteiger partial charge >= 0.3 is 5.97 Å². The van der Waals surface area contributed by atoms with Crippen LogP contribution in [0.1, 0.15) is 28.9 Å². The van der Waals surface area contributed by atoms with Crippen LogP contribution in [0, 0.1) is 5.92 Å². The van der Waals surface area contributed by atoms with E-state index in [0.29, 0.717) is 28.8 Å². The molecule has 1 aliphatic rings. The number of carboxylic acid groups (broad SMARTS) is 1. The molecule has 0 amide bonds. The topological polar surface area (TPSA) is 71.3 Å². The van der Waals surface area contributed by atoms with Crippen LogP contribution >= 0.6 is 12.4 Å². The SMILES string of the molecule is Cl.O=C(O)c1c(CC2CCNCC2)c(=O)c2ccccc2n1-c1ccccc1. The van der Waals surface area contributed by atoms with Crippen LogP contribution < -0.4 is 10.7 Å². The molecule has 5 nitrogen and oxygen atoms in total. The van der Waals surface area contributed by atoms with Gasteiger partial charge in [0, 0.05) is 16.6 Å². The molecule has 1 saturated heterocycles. The van der Waals surface area contributed by atoms with Crippen LogP contribution in [-0.4, -0.2) is 28.7 Å². The summed E-state index contributed by atoms with van der Waals surface area (Å²) in [6.45, 7) is 1.82. The minimum absolute atomic E-state index is 0. The Labute approximate surface area is 169 Å². The van der Waals surface area contributed by atoms with Gasteiger partial charge < -0.3 is 15.0 Å². The zero-order chi connectivity index (χ0) is 18.8. The predicted molar refractivity (Wildman–Crippen MR) is 113 cm³/mol. The van der Waals surface area contributed by atoms with Crippen molar-refractivity contribution in [3.63, 3.8) is 0 Å². The molecular weight excluding hydrogens is 376 g/mol. The van der Waals surface area contributed by atoms with E-state index in [1.54, 1.807) is 10.6 Å². The first kappa shape index (κ1) is 20.1. The molecular formula is C22H23ClN2O3. The third-order valence-corrected chi connectivity index (χ3v) is 5.34. The van der Waals surface area contributed by atoms with Gasteiger partial charge in [-0.15, -0.1) is 12.4 Å². The Bertz CT molecular complexity index is 1040. The molecule has 2 aromatic carbocycles. The fourth-order valence-electron chi connectivity index (χ4n) is 4.02. The summed E-state index contributed by atoms with van der Waals surface area (Å²) in [5.74, 6) is -0.743. The highest BCUT2D eigenvalue weighted by atomic mass is 35.5. The van der Waals surface area contributed by atoms with E-state index in [4.69, 9.17) is 0 Å². The van der Waals surface area contributed by atoms with Gasteiger partial charge in [0.05, 0.1) is 5.52 Å². The fourth-order valence-corrected chi connectivity index (χ4v) is 4.02. The molecule has 1 aromatic heterocycles. The lowest BCUT2D eigenvalue weighted by Gasteiger charge is -2.24. The largest absolute Gasteiger partial charge is 0.477 e. The quantitative estimate of drug-likeness (QED) is 0.703. The molecule has 0 saturated carbocycles. The number of nitrogens with one attached hydrogen (secondary N) is 1. The molecule has 6 heteroatoms. The number of para-hydroxylation sites is 2. The van der Waals surface area contributed by atoms with E-state index >= 15 is 0 Å². The maximum atomic E-state index is 13.2. The first-order valence-corrected chi connectivity index (χ1v) is 9.33. The molecule has 0 atom stereocenters. The number of aromatic nitrogens is 1. The van der Waals surface area contributed by atoms with E-state index in [1.165, 1.54) is 0 Å². The Morgan fingerprint density at radius 1 is 1.04 bits per heavy atom. The van der Waals surface area contributed by atoms with Gasteiger partial charge in [0.25, 0.3) is 0 Å². The van der Waals surface area contributed by atoms with Crippen molar-refractivity contribution < 1.29 is 9.90 Å². The third kappa shape index (κ3) is 3.68. The second-order valence-corrected chi connectivity index (χ2v) is 7.05. The van der Waals surface area contributed by atoms with Gasteiger partial charge in [-0.3, -0.25) is 4.79 Å². The highest BCUT2D eigenvalue weighted by molar-refractivity contribution is 5.94. The summed E-state index contributed by atoms with van der Waals surface area (Å²) < 4.78 is 1.72. The number of aromatic carboxylic acids is 1. The molecule has 0 bridgehead atoms. The van der Waals surface area contributed by atoms with Crippen LogP contribution in [0.4, 0.5) is 0 Å². The van der Waals surface area contributed by atoms with E-state index in [2.05, 4.69) is 5.32 Å². The third-order valence-electron chi connectivity index (χ3n) is 5.34. The van der Waals surface area contributed by atoms with E-state index in [0.717, 1.165) is 31.6 Å². The zero-order valence-electron chi connectivity index (χ0n) is 15.4. The van der Waals surface area contributed by atoms with Crippen molar-refractivity contribution in [1.29, 1.82) is 0 Å². The number of pyridine rings is 1. The zero-order valence-corrected chi connectivity index (χ0v) is 16.2. The van der Waals surface area contributed by atoms with Crippen LogP contribution in [0.5, 0.6) is 0 Å². The number of fused-ring (bicyclic) bond motifs is 1. The standard InChI is InChI=1S/C22H22N2O3.ClH/c25-21-17-8-4-5-9-19(17)24(16-6-2-1-3-7-16)20(22(26)27)18(21)14-15-10-12-23-13-11-15;/h1-9,15,23H,10-14H2,(H,26,27);1H. The molecule has 28 heavy (non-hydrogen) atoms. The average molecular weight is 399 g/mol. The molecule has 0 radical (unpaired) electrons. The number of halogens is 1. The van der Waals surface area contributed by atoms with E-state index in [-0.39, 0.29) is 23.5 Å². The van der Waals surface area contributed by atoms with Crippen molar-refractivity contribution in [3.8, 4) is 5.69 Å². The normalized spacial score (nSPS) is 14.6. The van der Waals surface area contributed by atoms with Gasteiger partial charge in [0.15, 0.2) is 5.43 Å². The molecule has 146 valence electrons. The Balaban J connectivity index is 0.00000225. The number of carboxylic acids is 1. The fraction of sp³-hybridized carbons (Fsp3) is 0.273. The van der Waals surface area contributed by atoms with Crippen LogP contribution in [0.2, 0.25) is 0 Å². The number of rotatable bonds is 4. The summed E-state index contributed by atoms with van der Waals surface area (Å²) in [5, 5.41) is 13.9. The van der Waals surface area contributed by atoms with Gasteiger partial charge in [-0.25, -0.2) is 4.79 Å². The smallest absolute Gasteiger partial charge is 0.353 e. The Hall–Kier alpha value is -2.63. The van der Waals surface area contributed by atoms with Gasteiger partial charge in [-0.1, -0.05) is 30.3 Å². The van der Waals surface area contributed by atoms with Crippen LogP contribution in [0.25, 0.3) is 16.6 Å². The summed E-state index contributed by atoms with van der Waals surface area (Å²) in [4.78, 5) is 25.5. The summed E-state index contributed by atoms with van der Waals surface area (Å²) >= 11 is 0. The number of piperidine rings is 1. The molecule has 4 rings (SSSR count). The van der Waals surface area contributed by atoms with E-state index in [1.807, 2.05) is 48.5 Å². The summed E-state index contributed by atoms with van der Waals surface area (Å²) in [6, 6.07) is 16.6. The van der Waals surface area contributed by atoms with E-state index in [9.17, 15) is 14.7 Å². The Morgan fingerprint density at radius 2 is 1.68 bits per heavy atom. The predicted octanol–water partition coefficient (Wildman–Crippen LogP) is 3.65. The van der Waals surface area contributed by atoms with Crippen molar-refractivity contribution in [2.75, 3.05) is 13.1 Å². The first-order chi connectivity index (χ1) is 13.2. The minimum Gasteiger partial charge on any atom is -0.477 e. The number of benzene rings is 2. The lowest BCUT2D eigenvalue weighted by atomic mass is 9.89. The van der Waals surface area contributed by atoms with Crippen LogP contribution in [0.3, 0.4) is 0 Å². The Kier molecular flexibility index (Phi) is 6.17. The summed E-state index contributed by atoms with van der Waals surface area (Å²) in [7, 11) is 0. The molecule has 0 unspecified atom stereocenters. The van der Waals surface area contributed by atoms with Crippen molar-refractivity contribution in [2.45, 2.75) is 19.3 Å². The average Bonchev–Trinajstić information content (AvgIpc) is 2.71. The maximum absolute atomic E-state index is 13.2. The molecule has 3 aromatic rings. The van der Waals surface area contributed by atoms with Gasteiger partial charge in [-0.05, 0) is 62.5 Å². The van der Waals surface area contributed by atoms with Crippen molar-refractivity contribution in [3.05, 3.63) is 76.1 Å². The lowest BCUT2D eigenvalue weighted by molar-refractivity contribution is 0.0686. The highest BCUT2D eigenvalue weighted by Crippen LogP contribution is 2.25. The molecule has 1 aliphatic heterocycles. The van der Waals surface area contributed by atoms with Gasteiger partial charge in [0.2, 0.25) is 0 Å². The monoisotopic (exact) mass is 398 g/mol. The van der Waals surface area contributed by atoms with Crippen LogP contribution in [0.15, 0.2) is 59.4 Å². The molecule has 2 N–H and O–H groups in total. The van der Waals surface area contributed by atoms with Crippen molar-refractivity contribution in [1.82, 2.24) is 9.88 Å². The summed E-state index contributed by atoms with van der Waals surface area (Å²) in [6.07, 6.45) is 2.41. The number of carbonyl (C=O) groups is 1.